The van der Waals surface area contributed by atoms with Gasteiger partial charge in [-0.05, 0) is 13.8 Å². The molecule has 0 radical (unpaired) electrons. The molecule has 0 amide bonds. The second-order valence-electron chi connectivity index (χ2n) is 4.68. The SMILES string of the molecule is CNc1cc(NC(C)(C)COC)nc(COC)n1. The van der Waals surface area contributed by atoms with E-state index in [0.717, 1.165) is 11.6 Å². The zero-order valence-electron chi connectivity index (χ0n) is 11.7. The van der Waals surface area contributed by atoms with Crippen molar-refractivity contribution in [2.75, 3.05) is 38.5 Å². The second kappa shape index (κ2) is 6.51. The van der Waals surface area contributed by atoms with Gasteiger partial charge in [-0.25, -0.2) is 9.97 Å². The first kappa shape index (κ1) is 14.7. The van der Waals surface area contributed by atoms with Gasteiger partial charge in [-0.3, -0.25) is 0 Å². The molecule has 2 N–H and O–H groups in total. The summed E-state index contributed by atoms with van der Waals surface area (Å²) >= 11 is 0. The van der Waals surface area contributed by atoms with Crippen molar-refractivity contribution in [3.8, 4) is 0 Å². The van der Waals surface area contributed by atoms with E-state index in [9.17, 15) is 0 Å². The topological polar surface area (TPSA) is 68.3 Å². The molecule has 102 valence electrons. The molecule has 0 fully saturated rings. The average molecular weight is 254 g/mol. The van der Waals surface area contributed by atoms with Crippen LogP contribution in [0.1, 0.15) is 19.7 Å². The van der Waals surface area contributed by atoms with E-state index in [2.05, 4.69) is 20.6 Å². The lowest BCUT2D eigenvalue weighted by Crippen LogP contribution is -2.36. The monoisotopic (exact) mass is 254 g/mol. The van der Waals surface area contributed by atoms with E-state index < -0.39 is 0 Å². The van der Waals surface area contributed by atoms with Crippen LogP contribution in [0.3, 0.4) is 0 Å². The minimum atomic E-state index is -0.196. The van der Waals surface area contributed by atoms with E-state index >= 15 is 0 Å². The minimum Gasteiger partial charge on any atom is -0.382 e. The lowest BCUT2D eigenvalue weighted by molar-refractivity contribution is 0.158. The molecule has 0 aromatic carbocycles. The van der Waals surface area contributed by atoms with Crippen molar-refractivity contribution in [3.05, 3.63) is 11.9 Å². The largest absolute Gasteiger partial charge is 0.382 e. The molecule has 0 aliphatic heterocycles. The van der Waals surface area contributed by atoms with Crippen molar-refractivity contribution in [1.29, 1.82) is 0 Å². The van der Waals surface area contributed by atoms with Gasteiger partial charge in [-0.1, -0.05) is 0 Å². The number of nitrogens with zero attached hydrogens (tertiary/aromatic N) is 2. The first-order valence-corrected chi connectivity index (χ1v) is 5.82. The number of methoxy groups -OCH3 is 2. The molecule has 0 aliphatic carbocycles. The van der Waals surface area contributed by atoms with Crippen LogP contribution in [0.15, 0.2) is 6.07 Å². The van der Waals surface area contributed by atoms with Gasteiger partial charge in [0.1, 0.15) is 18.2 Å². The molecule has 6 heteroatoms. The van der Waals surface area contributed by atoms with Gasteiger partial charge in [0.2, 0.25) is 0 Å². The summed E-state index contributed by atoms with van der Waals surface area (Å²) < 4.78 is 10.2. The van der Waals surface area contributed by atoms with Crippen molar-refractivity contribution < 1.29 is 9.47 Å². The highest BCUT2D eigenvalue weighted by Gasteiger charge is 2.18. The molecular weight excluding hydrogens is 232 g/mol. The maximum atomic E-state index is 5.17. The number of anilines is 2. The minimum absolute atomic E-state index is 0.196. The Balaban J connectivity index is 2.90. The Morgan fingerprint density at radius 1 is 1.17 bits per heavy atom. The van der Waals surface area contributed by atoms with Crippen LogP contribution in [-0.2, 0) is 16.1 Å². The molecule has 0 atom stereocenters. The van der Waals surface area contributed by atoms with Crippen LogP contribution in [0.5, 0.6) is 0 Å². The fourth-order valence-corrected chi connectivity index (χ4v) is 1.63. The van der Waals surface area contributed by atoms with Gasteiger partial charge < -0.3 is 20.1 Å². The van der Waals surface area contributed by atoms with Gasteiger partial charge in [0.15, 0.2) is 5.82 Å². The van der Waals surface area contributed by atoms with E-state index in [4.69, 9.17) is 9.47 Å². The maximum absolute atomic E-state index is 5.17. The average Bonchev–Trinajstić information content (AvgIpc) is 2.28. The van der Waals surface area contributed by atoms with Crippen molar-refractivity contribution in [3.63, 3.8) is 0 Å². The van der Waals surface area contributed by atoms with E-state index in [1.807, 2.05) is 27.0 Å². The lowest BCUT2D eigenvalue weighted by atomic mass is 10.1. The molecule has 18 heavy (non-hydrogen) atoms. The molecule has 0 bridgehead atoms. The van der Waals surface area contributed by atoms with Gasteiger partial charge >= 0.3 is 0 Å². The molecule has 0 saturated heterocycles. The Bertz CT molecular complexity index is 382. The van der Waals surface area contributed by atoms with Crippen molar-refractivity contribution in [1.82, 2.24) is 9.97 Å². The summed E-state index contributed by atoms with van der Waals surface area (Å²) in [6.45, 7) is 5.07. The van der Waals surface area contributed by atoms with E-state index in [0.29, 0.717) is 19.0 Å². The van der Waals surface area contributed by atoms with Gasteiger partial charge in [-0.15, -0.1) is 0 Å². The maximum Gasteiger partial charge on any atom is 0.158 e. The molecule has 0 aliphatic rings. The normalized spacial score (nSPS) is 11.4. The predicted octanol–water partition coefficient (Wildman–Crippen LogP) is 1.50. The Hall–Kier alpha value is -1.40. The summed E-state index contributed by atoms with van der Waals surface area (Å²) in [7, 11) is 5.12. The third-order valence-corrected chi connectivity index (χ3v) is 2.27. The van der Waals surface area contributed by atoms with Gasteiger partial charge in [-0.2, -0.15) is 0 Å². The zero-order chi connectivity index (χ0) is 13.6. The van der Waals surface area contributed by atoms with Crippen LogP contribution in [-0.4, -0.2) is 43.4 Å². The number of nitrogens with one attached hydrogen (secondary N) is 2. The predicted molar refractivity (Wildman–Crippen MR) is 71.9 cm³/mol. The van der Waals surface area contributed by atoms with Gasteiger partial charge in [0.05, 0.1) is 12.1 Å². The zero-order valence-corrected chi connectivity index (χ0v) is 11.7. The highest BCUT2D eigenvalue weighted by molar-refractivity contribution is 5.48. The van der Waals surface area contributed by atoms with Gasteiger partial charge in [0, 0.05) is 27.3 Å². The highest BCUT2D eigenvalue weighted by Crippen LogP contribution is 2.16. The number of hydrogen-bond acceptors (Lipinski definition) is 6. The van der Waals surface area contributed by atoms with Crippen molar-refractivity contribution in [2.24, 2.45) is 0 Å². The number of rotatable bonds is 7. The molecule has 1 heterocycles. The van der Waals surface area contributed by atoms with E-state index in [1.165, 1.54) is 0 Å². The smallest absolute Gasteiger partial charge is 0.158 e. The molecule has 1 aromatic rings. The van der Waals surface area contributed by atoms with E-state index in [1.54, 1.807) is 14.2 Å². The summed E-state index contributed by atoms with van der Waals surface area (Å²) in [6, 6.07) is 1.86. The second-order valence-corrected chi connectivity index (χ2v) is 4.68. The fourth-order valence-electron chi connectivity index (χ4n) is 1.63. The standard InChI is InChI=1S/C12H22N4O2/c1-12(2,8-18-5)16-10-6-9(13-3)14-11(15-10)7-17-4/h6H,7-8H2,1-5H3,(H2,13,14,15,16). The van der Waals surface area contributed by atoms with E-state index in [-0.39, 0.29) is 5.54 Å². The first-order valence-electron chi connectivity index (χ1n) is 5.82. The molecular formula is C12H22N4O2. The summed E-state index contributed by atoms with van der Waals surface area (Å²) in [6.07, 6.45) is 0. The summed E-state index contributed by atoms with van der Waals surface area (Å²) in [4.78, 5) is 8.69. The quantitative estimate of drug-likeness (QED) is 0.768. The Morgan fingerprint density at radius 2 is 1.83 bits per heavy atom. The molecule has 1 rings (SSSR count). The fraction of sp³-hybridized carbons (Fsp3) is 0.667. The van der Waals surface area contributed by atoms with Crippen LogP contribution < -0.4 is 10.6 Å². The first-order chi connectivity index (χ1) is 8.50. The van der Waals surface area contributed by atoms with Crippen molar-refractivity contribution in [2.45, 2.75) is 26.0 Å². The molecule has 1 aromatic heterocycles. The van der Waals surface area contributed by atoms with Crippen LogP contribution >= 0.6 is 0 Å². The number of hydrogen-bond donors (Lipinski definition) is 2. The van der Waals surface area contributed by atoms with Crippen LogP contribution in [0.2, 0.25) is 0 Å². The molecule has 0 saturated carbocycles. The van der Waals surface area contributed by atoms with Crippen molar-refractivity contribution >= 4 is 11.6 Å². The Labute approximate surface area is 108 Å². The van der Waals surface area contributed by atoms with Crippen LogP contribution in [0, 0.1) is 0 Å². The van der Waals surface area contributed by atoms with Gasteiger partial charge in [0.25, 0.3) is 0 Å². The summed E-state index contributed by atoms with van der Waals surface area (Å²) in [5.74, 6) is 2.15. The molecule has 0 spiro atoms. The summed E-state index contributed by atoms with van der Waals surface area (Å²) in [5, 5.41) is 6.33. The molecule has 6 nitrogen and oxygen atoms in total. The van der Waals surface area contributed by atoms with Crippen LogP contribution in [0.25, 0.3) is 0 Å². The highest BCUT2D eigenvalue weighted by atomic mass is 16.5. The Morgan fingerprint density at radius 3 is 2.39 bits per heavy atom. The number of ether oxygens (including phenoxy) is 2. The lowest BCUT2D eigenvalue weighted by Gasteiger charge is -2.26. The molecule has 0 unspecified atom stereocenters. The number of aromatic nitrogens is 2. The third kappa shape index (κ3) is 4.46. The summed E-state index contributed by atoms with van der Waals surface area (Å²) in [5.41, 5.74) is -0.196. The van der Waals surface area contributed by atoms with Crippen LogP contribution in [0.4, 0.5) is 11.6 Å². The Kier molecular flexibility index (Phi) is 5.30. The third-order valence-electron chi connectivity index (χ3n) is 2.27.